The molecule has 4 heterocycles. The van der Waals surface area contributed by atoms with E-state index in [2.05, 4.69) is 15.4 Å². The number of rotatable bonds is 5. The van der Waals surface area contributed by atoms with Crippen LogP contribution in [0.3, 0.4) is 0 Å². The van der Waals surface area contributed by atoms with Crippen molar-refractivity contribution in [2.24, 2.45) is 13.0 Å². The molecule has 34 heavy (non-hydrogen) atoms. The highest BCUT2D eigenvalue weighted by atomic mass is 19.4. The van der Waals surface area contributed by atoms with Crippen LogP contribution < -0.4 is 10.1 Å². The van der Waals surface area contributed by atoms with Gasteiger partial charge in [0.1, 0.15) is 5.82 Å². The Bertz CT molecular complexity index is 1090. The molecule has 2 fully saturated rings. The second-order valence-corrected chi connectivity index (χ2v) is 8.10. The normalized spacial score (nSPS) is 26.7. The first-order valence-corrected chi connectivity index (χ1v) is 10.3. The molecule has 14 heteroatoms. The lowest BCUT2D eigenvalue weighted by Crippen LogP contribution is -2.41. The first-order chi connectivity index (χ1) is 15.8. The SMILES string of the molecule is CCOc1cc(C(F)(F)F)cc(NC(=O)C2C3CC(O)C(O3)C2c2cn(C)nc2C(F)(F)F)n1. The zero-order valence-electron chi connectivity index (χ0n) is 17.8. The van der Waals surface area contributed by atoms with Gasteiger partial charge in [-0.3, -0.25) is 9.48 Å². The van der Waals surface area contributed by atoms with E-state index in [-0.39, 0.29) is 24.5 Å². The number of amides is 1. The minimum atomic E-state index is -4.83. The fourth-order valence-corrected chi connectivity index (χ4v) is 4.55. The number of nitrogens with one attached hydrogen (secondary N) is 1. The molecule has 2 N–H and O–H groups in total. The molecule has 1 amide bonds. The van der Waals surface area contributed by atoms with Crippen molar-refractivity contribution in [3.8, 4) is 5.88 Å². The second kappa shape index (κ2) is 8.41. The molecule has 2 aromatic heterocycles. The van der Waals surface area contributed by atoms with Crippen LogP contribution in [0.5, 0.6) is 5.88 Å². The number of aliphatic hydroxyl groups is 1. The largest absolute Gasteiger partial charge is 0.478 e. The predicted octanol–water partition coefficient (Wildman–Crippen LogP) is 3.12. The Morgan fingerprint density at radius 3 is 2.59 bits per heavy atom. The minimum absolute atomic E-state index is 0.0128. The lowest BCUT2D eigenvalue weighted by molar-refractivity contribution is -0.143. The highest BCUT2D eigenvalue weighted by Gasteiger charge is 2.59. The van der Waals surface area contributed by atoms with Crippen LogP contribution in [-0.2, 0) is 28.9 Å². The van der Waals surface area contributed by atoms with Gasteiger partial charge in [0.05, 0.1) is 36.4 Å². The number of aryl methyl sites for hydroxylation is 1. The Hall–Kier alpha value is -2.87. The van der Waals surface area contributed by atoms with Gasteiger partial charge in [-0.05, 0) is 13.0 Å². The molecule has 4 rings (SSSR count). The molecule has 2 aliphatic rings. The van der Waals surface area contributed by atoms with Gasteiger partial charge in [-0.1, -0.05) is 0 Å². The summed E-state index contributed by atoms with van der Waals surface area (Å²) in [5, 5.41) is 16.0. The third-order valence-electron chi connectivity index (χ3n) is 5.79. The fourth-order valence-electron chi connectivity index (χ4n) is 4.55. The number of aromatic nitrogens is 3. The molecule has 186 valence electrons. The summed E-state index contributed by atoms with van der Waals surface area (Å²) < 4.78 is 92.2. The van der Waals surface area contributed by atoms with Crippen molar-refractivity contribution in [1.82, 2.24) is 14.8 Å². The van der Waals surface area contributed by atoms with Crippen LogP contribution in [0.1, 0.15) is 36.1 Å². The molecule has 2 saturated heterocycles. The molecule has 0 radical (unpaired) electrons. The number of carbonyl (C=O) groups excluding carboxylic acids is 1. The van der Waals surface area contributed by atoms with Crippen LogP contribution in [-0.4, -0.2) is 50.7 Å². The molecule has 0 spiro atoms. The van der Waals surface area contributed by atoms with Gasteiger partial charge in [0.2, 0.25) is 11.8 Å². The van der Waals surface area contributed by atoms with E-state index in [0.29, 0.717) is 12.1 Å². The molecule has 0 saturated carbocycles. The molecule has 8 nitrogen and oxygen atoms in total. The monoisotopic (exact) mass is 494 g/mol. The van der Waals surface area contributed by atoms with Crippen LogP contribution in [0, 0.1) is 5.92 Å². The number of carbonyl (C=O) groups is 1. The van der Waals surface area contributed by atoms with E-state index in [9.17, 15) is 36.2 Å². The van der Waals surface area contributed by atoms with Crippen LogP contribution in [0.15, 0.2) is 18.3 Å². The fraction of sp³-hybridized carbons (Fsp3) is 0.550. The summed E-state index contributed by atoms with van der Waals surface area (Å²) in [5.41, 5.74) is -2.69. The molecular weight excluding hydrogens is 474 g/mol. The van der Waals surface area contributed by atoms with Crippen LogP contribution in [0.2, 0.25) is 0 Å². The number of hydrogen-bond donors (Lipinski definition) is 2. The van der Waals surface area contributed by atoms with Crippen molar-refractivity contribution >= 4 is 11.7 Å². The highest BCUT2D eigenvalue weighted by Crippen LogP contribution is 2.51. The van der Waals surface area contributed by atoms with Crippen LogP contribution in [0.25, 0.3) is 0 Å². The smallest absolute Gasteiger partial charge is 0.435 e. The van der Waals surface area contributed by atoms with E-state index in [0.717, 1.165) is 10.9 Å². The van der Waals surface area contributed by atoms with Gasteiger partial charge in [-0.15, -0.1) is 0 Å². The van der Waals surface area contributed by atoms with E-state index < -0.39 is 65.5 Å². The van der Waals surface area contributed by atoms with Crippen LogP contribution >= 0.6 is 0 Å². The molecular formula is C20H20F6N4O4. The van der Waals surface area contributed by atoms with Gasteiger partial charge in [-0.2, -0.15) is 36.4 Å². The van der Waals surface area contributed by atoms with Crippen molar-refractivity contribution in [3.63, 3.8) is 0 Å². The number of nitrogens with zero attached hydrogens (tertiary/aromatic N) is 3. The quantitative estimate of drug-likeness (QED) is 0.620. The summed E-state index contributed by atoms with van der Waals surface area (Å²) in [4.78, 5) is 17.0. The Balaban J connectivity index is 1.69. The molecule has 5 unspecified atom stereocenters. The summed E-state index contributed by atoms with van der Waals surface area (Å²) in [6.07, 6.45) is -11.7. The molecule has 0 aromatic carbocycles. The number of fused-ring (bicyclic) bond motifs is 2. The van der Waals surface area contributed by atoms with Gasteiger partial charge in [0, 0.05) is 37.2 Å². The van der Waals surface area contributed by atoms with Crippen molar-refractivity contribution in [2.75, 3.05) is 11.9 Å². The van der Waals surface area contributed by atoms with E-state index >= 15 is 0 Å². The van der Waals surface area contributed by atoms with E-state index in [1.54, 1.807) is 0 Å². The third-order valence-corrected chi connectivity index (χ3v) is 5.79. The number of pyridine rings is 1. The summed E-state index contributed by atoms with van der Waals surface area (Å²) in [7, 11) is 1.28. The van der Waals surface area contributed by atoms with Crippen molar-refractivity contribution in [2.45, 2.75) is 49.9 Å². The summed E-state index contributed by atoms with van der Waals surface area (Å²) in [6, 6.07) is 1.27. The summed E-state index contributed by atoms with van der Waals surface area (Å²) in [5.74, 6) is -4.21. The van der Waals surface area contributed by atoms with Crippen molar-refractivity contribution < 1.29 is 45.7 Å². The Labute approximate surface area is 188 Å². The lowest BCUT2D eigenvalue weighted by Gasteiger charge is -2.30. The van der Waals surface area contributed by atoms with Gasteiger partial charge < -0.3 is 19.9 Å². The maximum atomic E-state index is 13.6. The number of anilines is 1. The molecule has 2 bridgehead atoms. The number of alkyl halides is 6. The third kappa shape index (κ3) is 4.43. The highest BCUT2D eigenvalue weighted by molar-refractivity contribution is 5.93. The average Bonchev–Trinajstić information content (AvgIpc) is 3.38. The van der Waals surface area contributed by atoms with E-state index in [1.165, 1.54) is 14.0 Å². The molecule has 2 aromatic rings. The van der Waals surface area contributed by atoms with Crippen LogP contribution in [0.4, 0.5) is 32.2 Å². The van der Waals surface area contributed by atoms with Gasteiger partial charge in [-0.25, -0.2) is 0 Å². The Kier molecular flexibility index (Phi) is 6.00. The molecule has 5 atom stereocenters. The number of ether oxygens (including phenoxy) is 2. The topological polar surface area (TPSA) is 98.5 Å². The Morgan fingerprint density at radius 1 is 1.26 bits per heavy atom. The summed E-state index contributed by atoms with van der Waals surface area (Å²) in [6.45, 7) is 1.55. The standard InChI is InChI=1S/C20H20F6N4O4/c1-3-33-13-5-8(19(21,22)23)4-12(27-13)28-18(32)15-11-6-10(31)16(34-11)14(15)9-7-30(2)29-17(9)20(24,25)26/h4-5,7,10-11,14-16,31H,3,6H2,1-2H3,(H,27,28,32). The van der Waals surface area contributed by atoms with Crippen molar-refractivity contribution in [1.29, 1.82) is 0 Å². The number of hydrogen-bond acceptors (Lipinski definition) is 6. The van der Waals surface area contributed by atoms with Crippen molar-refractivity contribution in [3.05, 3.63) is 35.2 Å². The number of halogens is 6. The van der Waals surface area contributed by atoms with Gasteiger partial charge in [0.15, 0.2) is 5.69 Å². The van der Waals surface area contributed by atoms with Gasteiger partial charge >= 0.3 is 12.4 Å². The van der Waals surface area contributed by atoms with E-state index in [4.69, 9.17) is 9.47 Å². The molecule has 2 aliphatic heterocycles. The average molecular weight is 494 g/mol. The molecule has 0 aliphatic carbocycles. The first-order valence-electron chi connectivity index (χ1n) is 10.3. The number of aliphatic hydroxyl groups excluding tert-OH is 1. The minimum Gasteiger partial charge on any atom is -0.478 e. The van der Waals surface area contributed by atoms with Gasteiger partial charge in [0.25, 0.3) is 0 Å². The summed E-state index contributed by atoms with van der Waals surface area (Å²) >= 11 is 0. The first kappa shape index (κ1) is 24.3. The Morgan fingerprint density at radius 2 is 1.97 bits per heavy atom. The second-order valence-electron chi connectivity index (χ2n) is 8.10. The zero-order chi connectivity index (χ0) is 25.0. The zero-order valence-corrected chi connectivity index (χ0v) is 17.8. The lowest BCUT2D eigenvalue weighted by atomic mass is 9.74. The maximum absolute atomic E-state index is 13.6. The predicted molar refractivity (Wildman–Crippen MR) is 103 cm³/mol. The maximum Gasteiger partial charge on any atom is 0.435 e. The van der Waals surface area contributed by atoms with E-state index in [1.807, 2.05) is 0 Å².